The summed E-state index contributed by atoms with van der Waals surface area (Å²) in [6, 6.07) is 0. The molecule has 5 heteroatoms. The summed E-state index contributed by atoms with van der Waals surface area (Å²) < 4.78 is 0. The fourth-order valence-corrected chi connectivity index (χ4v) is 0.214. The van der Waals surface area contributed by atoms with Gasteiger partial charge in [-0.1, -0.05) is 6.92 Å². The summed E-state index contributed by atoms with van der Waals surface area (Å²) in [5, 5.41) is 15.2. The molecule has 0 aliphatic heterocycles. The van der Waals surface area contributed by atoms with Gasteiger partial charge in [-0.25, -0.2) is 4.79 Å². The van der Waals surface area contributed by atoms with Crippen molar-refractivity contribution in [2.75, 3.05) is 0 Å². The summed E-state index contributed by atoms with van der Waals surface area (Å²) in [7, 11) is 0. The highest BCUT2D eigenvalue weighted by molar-refractivity contribution is 5.66. The van der Waals surface area contributed by atoms with Gasteiger partial charge in [-0.05, 0) is 6.42 Å². The van der Waals surface area contributed by atoms with Crippen LogP contribution in [0.2, 0.25) is 0 Å². The van der Waals surface area contributed by atoms with Gasteiger partial charge in [0.15, 0.2) is 0 Å². The molecule has 0 radical (unpaired) electrons. The first kappa shape index (κ1) is 12.6. The molecule has 2 N–H and O–H groups in total. The largest absolute Gasteiger partial charge is 0.481 e. The number of carboxylic acids is 1. The van der Waals surface area contributed by atoms with Gasteiger partial charge in [0.2, 0.25) is 0 Å². The van der Waals surface area contributed by atoms with Crippen LogP contribution >= 0.6 is 0 Å². The number of hydrogen-bond donors (Lipinski definition) is 2. The van der Waals surface area contributed by atoms with Crippen LogP contribution in [0.25, 0.3) is 0 Å². The van der Waals surface area contributed by atoms with E-state index in [0.29, 0.717) is 6.42 Å². The second-order valence-electron chi connectivity index (χ2n) is 1.73. The molecular weight excluding hydrogens is 152 g/mol. The van der Waals surface area contributed by atoms with E-state index in [1.54, 1.807) is 0 Å². The zero-order valence-electron chi connectivity index (χ0n) is 6.53. The Labute approximate surface area is 64.5 Å². The molecule has 0 aromatic rings. The molecule has 0 saturated heterocycles. The van der Waals surface area contributed by atoms with Crippen LogP contribution in [0.15, 0.2) is 0 Å². The lowest BCUT2D eigenvalue weighted by Crippen LogP contribution is -1.90. The Hall–Kier alpha value is -1.10. The zero-order valence-corrected chi connectivity index (χ0v) is 6.53. The molecule has 0 saturated carbocycles. The van der Waals surface area contributed by atoms with E-state index in [9.17, 15) is 9.59 Å². The van der Waals surface area contributed by atoms with Gasteiger partial charge < -0.3 is 9.99 Å². The highest BCUT2D eigenvalue weighted by Gasteiger charge is 1.87. The summed E-state index contributed by atoms with van der Waals surface area (Å²) in [6.45, 7) is 2.95. The van der Waals surface area contributed by atoms with Crippen LogP contribution in [0, 0.1) is 0 Å². The van der Waals surface area contributed by atoms with Gasteiger partial charge in [-0.3, -0.25) is 4.79 Å². The molecule has 5 nitrogen and oxygen atoms in total. The Morgan fingerprint density at radius 3 is 1.82 bits per heavy atom. The van der Waals surface area contributed by atoms with E-state index >= 15 is 0 Å². The highest BCUT2D eigenvalue weighted by Crippen LogP contribution is 1.82. The van der Waals surface area contributed by atoms with Crippen LogP contribution in [0.5, 0.6) is 0 Å². The number of carbonyl (C=O) groups is 2. The van der Waals surface area contributed by atoms with E-state index in [2.05, 4.69) is 4.89 Å². The molecule has 0 atom stereocenters. The van der Waals surface area contributed by atoms with Gasteiger partial charge in [-0.15, -0.1) is 0 Å². The molecule has 0 bridgehead atoms. The highest BCUT2D eigenvalue weighted by atomic mass is 17.1. The van der Waals surface area contributed by atoms with Crippen molar-refractivity contribution in [3.8, 4) is 0 Å². The standard InChI is InChI=1S/C4H8O2.C2H4O3/c1-2-3-4(5)6;1-2(3)5-4/h2-3H2,1H3,(H,5,6);4H,1H3. The van der Waals surface area contributed by atoms with Crippen LogP contribution in [0.4, 0.5) is 0 Å². The Morgan fingerprint density at radius 1 is 1.45 bits per heavy atom. The number of carbonyl (C=O) groups excluding carboxylic acids is 1. The van der Waals surface area contributed by atoms with Gasteiger partial charge in [-0.2, -0.15) is 5.26 Å². The molecule has 0 aromatic heterocycles. The van der Waals surface area contributed by atoms with Gasteiger partial charge in [0.05, 0.1) is 0 Å². The number of carboxylic acid groups (broad SMARTS) is 1. The Morgan fingerprint density at radius 2 is 1.82 bits per heavy atom. The summed E-state index contributed by atoms with van der Waals surface area (Å²) in [5.41, 5.74) is 0. The first-order chi connectivity index (χ1) is 5.04. The van der Waals surface area contributed by atoms with Crippen molar-refractivity contribution < 1.29 is 24.8 Å². The zero-order chi connectivity index (χ0) is 9.28. The quantitative estimate of drug-likeness (QED) is 0.467. The fraction of sp³-hybridized carbons (Fsp3) is 0.667. The minimum Gasteiger partial charge on any atom is -0.481 e. The maximum Gasteiger partial charge on any atom is 0.339 e. The third-order valence-electron chi connectivity index (χ3n) is 0.592. The molecule has 0 heterocycles. The van der Waals surface area contributed by atoms with Gasteiger partial charge >= 0.3 is 11.9 Å². The van der Waals surface area contributed by atoms with Crippen molar-refractivity contribution in [1.82, 2.24) is 0 Å². The molecule has 0 spiro atoms. The average Bonchev–Trinajstić information content (AvgIpc) is 1.89. The molecule has 0 fully saturated rings. The molecular formula is C6H12O5. The first-order valence-electron chi connectivity index (χ1n) is 3.08. The smallest absolute Gasteiger partial charge is 0.339 e. The topological polar surface area (TPSA) is 83.8 Å². The third kappa shape index (κ3) is 27.9. The van der Waals surface area contributed by atoms with Crippen LogP contribution < -0.4 is 0 Å². The van der Waals surface area contributed by atoms with Crippen molar-refractivity contribution in [2.45, 2.75) is 26.7 Å². The number of rotatable bonds is 2. The predicted octanol–water partition coefficient (Wildman–Crippen LogP) is 0.894. The molecule has 11 heavy (non-hydrogen) atoms. The summed E-state index contributed by atoms with van der Waals surface area (Å²) in [6.07, 6.45) is 1.02. The second-order valence-corrected chi connectivity index (χ2v) is 1.73. The van der Waals surface area contributed by atoms with E-state index in [0.717, 1.165) is 13.3 Å². The molecule has 0 amide bonds. The maximum atomic E-state index is 9.60. The van der Waals surface area contributed by atoms with E-state index in [-0.39, 0.29) is 0 Å². The summed E-state index contributed by atoms with van der Waals surface area (Å²) in [4.78, 5) is 22.1. The van der Waals surface area contributed by atoms with Crippen molar-refractivity contribution in [2.24, 2.45) is 0 Å². The second kappa shape index (κ2) is 8.90. The van der Waals surface area contributed by atoms with Gasteiger partial charge in [0, 0.05) is 13.3 Å². The minimum absolute atomic E-state index is 0.292. The van der Waals surface area contributed by atoms with Crippen LogP contribution in [0.1, 0.15) is 26.7 Å². The van der Waals surface area contributed by atoms with E-state index in [4.69, 9.17) is 10.4 Å². The predicted molar refractivity (Wildman–Crippen MR) is 36.9 cm³/mol. The minimum atomic E-state index is -0.711. The van der Waals surface area contributed by atoms with Gasteiger partial charge in [0.25, 0.3) is 0 Å². The lowest BCUT2D eigenvalue weighted by molar-refractivity contribution is -0.231. The van der Waals surface area contributed by atoms with Crippen LogP contribution in [-0.4, -0.2) is 22.3 Å². The Balaban J connectivity index is 0. The van der Waals surface area contributed by atoms with Crippen LogP contribution in [-0.2, 0) is 14.5 Å². The normalized spacial score (nSPS) is 7.55. The molecule has 66 valence electrons. The maximum absolute atomic E-state index is 9.60. The lowest BCUT2D eigenvalue weighted by Gasteiger charge is -1.79. The SMILES string of the molecule is CC(=O)OO.CCCC(=O)O. The van der Waals surface area contributed by atoms with E-state index in [1.165, 1.54) is 0 Å². The molecule has 0 aromatic carbocycles. The van der Waals surface area contributed by atoms with Crippen molar-refractivity contribution in [3.63, 3.8) is 0 Å². The number of hydrogen-bond acceptors (Lipinski definition) is 4. The molecule has 0 rings (SSSR count). The van der Waals surface area contributed by atoms with E-state index < -0.39 is 11.9 Å². The molecule has 0 aliphatic rings. The Kier molecular flexibility index (Phi) is 10.2. The summed E-state index contributed by atoms with van der Waals surface area (Å²) >= 11 is 0. The fourth-order valence-electron chi connectivity index (χ4n) is 0.214. The van der Waals surface area contributed by atoms with Crippen molar-refractivity contribution >= 4 is 11.9 Å². The lowest BCUT2D eigenvalue weighted by atomic mass is 10.4. The molecule has 0 unspecified atom stereocenters. The Bertz CT molecular complexity index is 120. The summed E-state index contributed by atoms with van der Waals surface area (Å²) in [5.74, 6) is -1.40. The number of aliphatic carboxylic acids is 1. The first-order valence-corrected chi connectivity index (χ1v) is 3.08. The van der Waals surface area contributed by atoms with Crippen molar-refractivity contribution in [3.05, 3.63) is 0 Å². The average molecular weight is 164 g/mol. The van der Waals surface area contributed by atoms with Crippen LogP contribution in [0.3, 0.4) is 0 Å². The van der Waals surface area contributed by atoms with Gasteiger partial charge in [0.1, 0.15) is 0 Å². The molecule has 0 aliphatic carbocycles. The van der Waals surface area contributed by atoms with Crippen molar-refractivity contribution in [1.29, 1.82) is 0 Å². The monoisotopic (exact) mass is 164 g/mol. The van der Waals surface area contributed by atoms with E-state index in [1.807, 2.05) is 6.92 Å². The third-order valence-corrected chi connectivity index (χ3v) is 0.592.